The van der Waals surface area contributed by atoms with Crippen LogP contribution in [-0.2, 0) is 20.1 Å². The Hall–Kier alpha value is -4.70. The monoisotopic (exact) mass is 743 g/mol. The summed E-state index contributed by atoms with van der Waals surface area (Å²) in [4.78, 5) is 12.8. The summed E-state index contributed by atoms with van der Waals surface area (Å²) in [6, 6.07) is 36.6. The largest absolute Gasteiger partial charge is 0.486 e. The fraction of sp³-hybridized carbons (Fsp3) is 0.0789. The topological polar surface area (TPSA) is 51.8 Å². The molecular weight excluding hydrogens is 707 g/mol. The summed E-state index contributed by atoms with van der Waals surface area (Å²) in [5.74, 6) is 0. The summed E-state index contributed by atoms with van der Waals surface area (Å²) in [7, 11) is 0. The van der Waals surface area contributed by atoms with Crippen LogP contribution in [0.2, 0.25) is 0 Å². The molecule has 1 radical (unpaired) electrons. The Bertz CT molecular complexity index is 2440. The molecule has 0 atom stereocenters. The zero-order chi connectivity index (χ0) is 36.1. The quantitative estimate of drug-likeness (QED) is 0.134. The third kappa shape index (κ3) is 5.46. The maximum atomic E-state index is 7.81. The molecule has 0 unspecified atom stereocenters. The van der Waals surface area contributed by atoms with Gasteiger partial charge in [-0.15, -0.1) is 48.0 Å². The van der Waals surface area contributed by atoms with Crippen LogP contribution in [0.5, 0.6) is 0 Å². The van der Waals surface area contributed by atoms with Crippen molar-refractivity contribution >= 4 is 32.8 Å². The fourth-order valence-electron chi connectivity index (χ4n) is 5.03. The minimum atomic E-state index is -2.67. The molecule has 0 N–H and O–H groups in total. The molecule has 43 heavy (non-hydrogen) atoms. The Morgan fingerprint density at radius 1 is 0.721 bits per heavy atom. The molecule has 5 heteroatoms. The van der Waals surface area contributed by atoms with Crippen LogP contribution in [0.3, 0.4) is 0 Å². The van der Waals surface area contributed by atoms with Crippen LogP contribution in [0.1, 0.15) is 29.2 Å². The first-order chi connectivity index (χ1) is 24.2. The molecule has 4 heterocycles. The van der Waals surface area contributed by atoms with E-state index in [2.05, 4.69) is 45.3 Å². The molecule has 0 saturated heterocycles. The van der Waals surface area contributed by atoms with Gasteiger partial charge in [0.15, 0.2) is 0 Å². The second kappa shape index (κ2) is 11.9. The van der Waals surface area contributed by atoms with Crippen molar-refractivity contribution in [2.45, 2.75) is 20.6 Å². The third-order valence-corrected chi connectivity index (χ3v) is 7.03. The van der Waals surface area contributed by atoms with Crippen LogP contribution in [0.25, 0.3) is 66.5 Å². The number of hydrogen-bond donors (Lipinski definition) is 0. The fourth-order valence-corrected chi connectivity index (χ4v) is 5.03. The van der Waals surface area contributed by atoms with Crippen molar-refractivity contribution in [2.75, 3.05) is 0 Å². The van der Waals surface area contributed by atoms with Crippen molar-refractivity contribution in [3.8, 4) is 33.6 Å². The molecule has 8 rings (SSSR count). The molecule has 0 aliphatic carbocycles. The Labute approximate surface area is 276 Å². The van der Waals surface area contributed by atoms with Crippen molar-refractivity contribution in [1.82, 2.24) is 15.0 Å². The average Bonchev–Trinajstić information content (AvgIpc) is 3.51. The van der Waals surface area contributed by atoms with E-state index in [1.165, 1.54) is 23.3 Å². The van der Waals surface area contributed by atoms with E-state index >= 15 is 0 Å². The van der Waals surface area contributed by atoms with Crippen molar-refractivity contribution < 1.29 is 36.9 Å². The van der Waals surface area contributed by atoms with E-state index in [1.807, 2.05) is 60.8 Å². The molecule has 0 aliphatic heterocycles. The van der Waals surface area contributed by atoms with Gasteiger partial charge in [0.05, 0.1) is 5.58 Å². The maximum absolute atomic E-state index is 7.81. The Morgan fingerprint density at radius 2 is 1.58 bits per heavy atom. The Morgan fingerprint density at radius 3 is 2.40 bits per heavy atom. The van der Waals surface area contributed by atoms with E-state index in [4.69, 9.17) is 16.8 Å². The van der Waals surface area contributed by atoms with E-state index in [-0.39, 0.29) is 48.3 Å². The van der Waals surface area contributed by atoms with Gasteiger partial charge in [0.25, 0.3) is 0 Å². The van der Waals surface area contributed by atoms with Gasteiger partial charge in [-0.1, -0.05) is 71.1 Å². The maximum Gasteiger partial charge on any atom is 0.216 e. The summed E-state index contributed by atoms with van der Waals surface area (Å²) in [6.45, 7) is -7.74. The molecule has 0 saturated carbocycles. The van der Waals surface area contributed by atoms with Crippen LogP contribution in [-0.4, -0.2) is 15.0 Å². The van der Waals surface area contributed by atoms with E-state index in [1.54, 1.807) is 12.1 Å². The van der Waals surface area contributed by atoms with Crippen molar-refractivity contribution in [1.29, 1.82) is 0 Å². The third-order valence-electron chi connectivity index (χ3n) is 7.03. The van der Waals surface area contributed by atoms with Crippen LogP contribution >= 0.6 is 0 Å². The number of benzene rings is 4. The average molecular weight is 743 g/mol. The zero-order valence-corrected chi connectivity index (χ0v) is 24.9. The molecule has 211 valence electrons. The first kappa shape index (κ1) is 19.5. The molecule has 0 bridgehead atoms. The number of nitrogens with zero attached hydrogens (tertiary/aromatic N) is 3. The molecule has 0 amide bonds. The Kier molecular flexibility index (Phi) is 5.39. The van der Waals surface area contributed by atoms with Crippen LogP contribution in [0, 0.1) is 32.7 Å². The summed E-state index contributed by atoms with van der Waals surface area (Å²) in [5.41, 5.74) is 4.53. The van der Waals surface area contributed by atoms with Crippen molar-refractivity contribution in [2.24, 2.45) is 0 Å². The number of furan rings is 1. The van der Waals surface area contributed by atoms with Gasteiger partial charge >= 0.3 is 0 Å². The molecule has 0 fully saturated rings. The number of rotatable bonds is 3. The molecule has 4 aromatic heterocycles. The summed E-state index contributed by atoms with van der Waals surface area (Å²) in [6.07, 6.45) is 2.89. The van der Waals surface area contributed by atoms with Gasteiger partial charge in [0.1, 0.15) is 0 Å². The van der Waals surface area contributed by atoms with Gasteiger partial charge in [0, 0.05) is 55.9 Å². The molecule has 4 aromatic carbocycles. The predicted octanol–water partition coefficient (Wildman–Crippen LogP) is 9.57. The van der Waals surface area contributed by atoms with E-state index < -0.39 is 20.6 Å². The second-order valence-electron chi connectivity index (χ2n) is 9.72. The first-order valence-electron chi connectivity index (χ1n) is 17.7. The zero-order valence-electron chi connectivity index (χ0n) is 31.5. The SMILES string of the molecule is [2H]C([2H])([2H])c1cc2ccc3c[c-]c(-c4cc(C([2H])([2H])[2H])c(C([2H])([2H])[2H])cn4)c4oc(n1)c2c34.[Ir].[c-]1ccccc1-c1cc(-c2ccccc2)ccn1. The number of pyridine rings is 3. The number of aromatic nitrogens is 3. The van der Waals surface area contributed by atoms with Crippen molar-refractivity contribution in [3.63, 3.8) is 0 Å². The van der Waals surface area contributed by atoms with E-state index in [0.29, 0.717) is 27.3 Å². The van der Waals surface area contributed by atoms with E-state index in [9.17, 15) is 0 Å². The normalized spacial score (nSPS) is 14.9. The molecule has 4 nitrogen and oxygen atoms in total. The minimum absolute atomic E-state index is 0. The van der Waals surface area contributed by atoms with Gasteiger partial charge in [-0.2, -0.15) is 0 Å². The van der Waals surface area contributed by atoms with Crippen molar-refractivity contribution in [3.05, 3.63) is 138 Å². The van der Waals surface area contributed by atoms with Crippen LogP contribution in [0.4, 0.5) is 0 Å². The smallest absolute Gasteiger partial charge is 0.216 e. The summed E-state index contributed by atoms with van der Waals surface area (Å²) < 4.78 is 75.4. The summed E-state index contributed by atoms with van der Waals surface area (Å²) in [5, 5.41) is 2.74. The second-order valence-corrected chi connectivity index (χ2v) is 9.72. The van der Waals surface area contributed by atoms with Crippen LogP contribution < -0.4 is 0 Å². The summed E-state index contributed by atoms with van der Waals surface area (Å²) >= 11 is 0. The van der Waals surface area contributed by atoms with Gasteiger partial charge in [-0.25, -0.2) is 4.98 Å². The predicted molar refractivity (Wildman–Crippen MR) is 170 cm³/mol. The van der Waals surface area contributed by atoms with Crippen LogP contribution in [0.15, 0.2) is 114 Å². The molecule has 0 aliphatic rings. The number of aryl methyl sites for hydroxylation is 3. The minimum Gasteiger partial charge on any atom is -0.486 e. The first-order valence-corrected chi connectivity index (χ1v) is 13.2. The van der Waals surface area contributed by atoms with Gasteiger partial charge in [-0.3, -0.25) is 0 Å². The van der Waals surface area contributed by atoms with Gasteiger partial charge in [0.2, 0.25) is 5.71 Å². The van der Waals surface area contributed by atoms with E-state index in [0.717, 1.165) is 22.8 Å². The molecule has 8 aromatic rings. The standard InChI is InChI=1S/C21H15N2O.C17H12N.Ir/c1-11-8-17(22-10-12(11)2)16-7-6-14-4-5-15-9-13(3)23-21-19(15)18(14)20(16)24-21;1-3-7-14(8-4-1)16-11-12-18-17(13-16)15-9-5-2-6-10-15;/h4-6,8-10H,1-3H3;1-9,11-13H;/q2*-1;/i1D3,2D3,3D3;;. The van der Waals surface area contributed by atoms with Gasteiger partial charge in [-0.05, 0) is 71.5 Å². The Balaban J connectivity index is 0.000000206. The molecule has 0 spiro atoms. The molecular formula is C38H27IrN3O-2. The van der Waals surface area contributed by atoms with Gasteiger partial charge < -0.3 is 14.4 Å². The number of hydrogen-bond acceptors (Lipinski definition) is 4.